The van der Waals surface area contributed by atoms with E-state index in [1.54, 1.807) is 11.8 Å². The van der Waals surface area contributed by atoms with Gasteiger partial charge in [-0.05, 0) is 44.2 Å². The van der Waals surface area contributed by atoms with Crippen molar-refractivity contribution in [3.8, 4) is 0 Å². The minimum Gasteiger partial charge on any atom is -0.377 e. The fraction of sp³-hybridized carbons (Fsp3) is 0.600. The summed E-state index contributed by atoms with van der Waals surface area (Å²) in [5.41, 5.74) is 0.941. The Morgan fingerprint density at radius 1 is 1.08 bits per heavy atom. The smallest absolute Gasteiger partial charge is 0.262 e. The molecule has 1 aromatic carbocycles. The van der Waals surface area contributed by atoms with Crippen molar-refractivity contribution in [1.82, 2.24) is 9.55 Å². The number of fused-ring (bicyclic) bond motifs is 1. The van der Waals surface area contributed by atoms with Gasteiger partial charge in [0.25, 0.3) is 5.56 Å². The summed E-state index contributed by atoms with van der Waals surface area (Å²) in [6.45, 7) is 0.867. The number of hydrogen-bond donors (Lipinski definition) is 0. The van der Waals surface area contributed by atoms with Crippen LogP contribution in [0.1, 0.15) is 57.4 Å². The molecule has 1 saturated heterocycles. The number of rotatable bonds is 4. The Hall–Kier alpha value is -1.33. The van der Waals surface area contributed by atoms with Crippen molar-refractivity contribution in [2.45, 2.75) is 68.7 Å². The second kappa shape index (κ2) is 7.92. The third kappa shape index (κ3) is 3.77. The van der Waals surface area contributed by atoms with Crippen LogP contribution in [-0.2, 0) is 4.74 Å². The van der Waals surface area contributed by atoms with Crippen molar-refractivity contribution in [2.24, 2.45) is 0 Å². The highest BCUT2D eigenvalue weighted by atomic mass is 32.2. The second-order valence-corrected chi connectivity index (χ2v) is 8.17. The first-order valence-electron chi connectivity index (χ1n) is 9.58. The zero-order valence-corrected chi connectivity index (χ0v) is 15.5. The predicted molar refractivity (Wildman–Crippen MR) is 102 cm³/mol. The third-order valence-electron chi connectivity index (χ3n) is 5.39. The third-order valence-corrected chi connectivity index (χ3v) is 6.47. The van der Waals surface area contributed by atoms with Crippen LogP contribution in [0.4, 0.5) is 0 Å². The molecule has 0 unspecified atom stereocenters. The lowest BCUT2D eigenvalue weighted by Gasteiger charge is -2.27. The Morgan fingerprint density at radius 2 is 1.88 bits per heavy atom. The first-order chi connectivity index (χ1) is 12.3. The maximum atomic E-state index is 13.2. The van der Waals surface area contributed by atoms with E-state index < -0.39 is 0 Å². The summed E-state index contributed by atoms with van der Waals surface area (Å²) in [6, 6.07) is 8.04. The van der Waals surface area contributed by atoms with Crippen LogP contribution in [0.5, 0.6) is 0 Å². The summed E-state index contributed by atoms with van der Waals surface area (Å²) in [5, 5.41) is 1.62. The zero-order chi connectivity index (χ0) is 17.1. The molecule has 0 spiro atoms. The molecular weight excluding hydrogens is 332 g/mol. The van der Waals surface area contributed by atoms with E-state index >= 15 is 0 Å². The Balaban J connectivity index is 1.68. The van der Waals surface area contributed by atoms with E-state index in [9.17, 15) is 4.79 Å². The maximum absolute atomic E-state index is 13.2. The number of ether oxygens (including phenoxy) is 1. The number of aromatic nitrogens is 2. The molecule has 0 bridgehead atoms. The highest BCUT2D eigenvalue weighted by Gasteiger charge is 2.23. The van der Waals surface area contributed by atoms with Crippen LogP contribution in [0.3, 0.4) is 0 Å². The summed E-state index contributed by atoms with van der Waals surface area (Å²) in [4.78, 5) is 18.0. The normalized spacial score (nSPS) is 22.3. The molecule has 0 N–H and O–H groups in total. The van der Waals surface area contributed by atoms with Crippen molar-refractivity contribution in [3.63, 3.8) is 0 Å². The van der Waals surface area contributed by atoms with E-state index in [2.05, 4.69) is 0 Å². The first-order valence-corrected chi connectivity index (χ1v) is 10.6. The highest BCUT2D eigenvalue weighted by Crippen LogP contribution is 2.31. The van der Waals surface area contributed by atoms with Gasteiger partial charge in [-0.15, -0.1) is 0 Å². The molecule has 1 aromatic heterocycles. The molecule has 1 aliphatic carbocycles. The molecule has 2 fully saturated rings. The molecule has 2 heterocycles. The monoisotopic (exact) mass is 358 g/mol. The van der Waals surface area contributed by atoms with Crippen LogP contribution in [0, 0.1) is 0 Å². The summed E-state index contributed by atoms with van der Waals surface area (Å²) >= 11 is 1.70. The van der Waals surface area contributed by atoms with Gasteiger partial charge in [-0.25, -0.2) is 4.98 Å². The summed E-state index contributed by atoms with van der Waals surface area (Å²) < 4.78 is 7.86. The van der Waals surface area contributed by atoms with Crippen molar-refractivity contribution in [3.05, 3.63) is 34.6 Å². The molecule has 4 rings (SSSR count). The minimum absolute atomic E-state index is 0.129. The number of para-hydroxylation sites is 1. The molecule has 134 valence electrons. The van der Waals surface area contributed by atoms with E-state index in [0.717, 1.165) is 47.7 Å². The Kier molecular flexibility index (Phi) is 5.42. The molecule has 1 saturated carbocycles. The van der Waals surface area contributed by atoms with Gasteiger partial charge >= 0.3 is 0 Å². The van der Waals surface area contributed by atoms with Crippen LogP contribution in [0.25, 0.3) is 10.9 Å². The lowest BCUT2D eigenvalue weighted by atomic mass is 9.95. The lowest BCUT2D eigenvalue weighted by molar-refractivity contribution is 0.0315. The van der Waals surface area contributed by atoms with E-state index in [1.165, 1.54) is 32.1 Å². The molecule has 1 aliphatic heterocycles. The van der Waals surface area contributed by atoms with Crippen LogP contribution >= 0.6 is 11.8 Å². The van der Waals surface area contributed by atoms with Gasteiger partial charge in [0.1, 0.15) is 0 Å². The SMILES string of the molecule is O=c1c2ccccc2nc(SC[C@@H]2CCCCO2)n1C1CCCCC1. The molecule has 2 aliphatic rings. The van der Waals surface area contributed by atoms with Gasteiger partial charge in [0.15, 0.2) is 5.16 Å². The summed E-state index contributed by atoms with van der Waals surface area (Å²) in [5.74, 6) is 0.886. The fourth-order valence-electron chi connectivity index (χ4n) is 3.99. The standard InChI is InChI=1S/C20H26N2O2S/c23-19-17-11-4-5-12-18(17)21-20(22(19)15-8-2-1-3-9-15)25-14-16-10-6-7-13-24-16/h4-5,11-12,15-16H,1-3,6-10,13-14H2/t16-/m0/s1. The average Bonchev–Trinajstić information content (AvgIpc) is 2.68. The maximum Gasteiger partial charge on any atom is 0.262 e. The predicted octanol–water partition coefficient (Wildman–Crippen LogP) is 4.56. The van der Waals surface area contributed by atoms with E-state index in [-0.39, 0.29) is 5.56 Å². The number of benzene rings is 1. The molecule has 5 heteroatoms. The average molecular weight is 359 g/mol. The first kappa shape index (κ1) is 17.1. The fourth-order valence-corrected chi connectivity index (χ4v) is 5.13. The number of nitrogens with zero attached hydrogens (tertiary/aromatic N) is 2. The van der Waals surface area contributed by atoms with Crippen LogP contribution in [0.15, 0.2) is 34.2 Å². The van der Waals surface area contributed by atoms with Gasteiger partial charge in [-0.3, -0.25) is 9.36 Å². The lowest BCUT2D eigenvalue weighted by Crippen LogP contribution is -2.29. The quantitative estimate of drug-likeness (QED) is 0.593. The van der Waals surface area contributed by atoms with Gasteiger partial charge in [-0.2, -0.15) is 0 Å². The van der Waals surface area contributed by atoms with Gasteiger partial charge < -0.3 is 4.74 Å². The number of hydrogen-bond acceptors (Lipinski definition) is 4. The Morgan fingerprint density at radius 3 is 2.68 bits per heavy atom. The number of thioether (sulfide) groups is 1. The largest absolute Gasteiger partial charge is 0.377 e. The second-order valence-electron chi connectivity index (χ2n) is 7.18. The van der Waals surface area contributed by atoms with Gasteiger partial charge in [-0.1, -0.05) is 43.2 Å². The summed E-state index contributed by atoms with van der Waals surface area (Å²) in [7, 11) is 0. The van der Waals surface area contributed by atoms with Gasteiger partial charge in [0.2, 0.25) is 0 Å². The molecule has 2 aromatic rings. The van der Waals surface area contributed by atoms with Crippen molar-refractivity contribution in [2.75, 3.05) is 12.4 Å². The van der Waals surface area contributed by atoms with Crippen molar-refractivity contribution in [1.29, 1.82) is 0 Å². The highest BCUT2D eigenvalue weighted by molar-refractivity contribution is 7.99. The topological polar surface area (TPSA) is 44.1 Å². The molecule has 25 heavy (non-hydrogen) atoms. The summed E-state index contributed by atoms with van der Waals surface area (Å²) in [6.07, 6.45) is 9.70. The van der Waals surface area contributed by atoms with Gasteiger partial charge in [0, 0.05) is 18.4 Å². The van der Waals surface area contributed by atoms with E-state index in [0.29, 0.717) is 12.1 Å². The van der Waals surface area contributed by atoms with Gasteiger partial charge in [0.05, 0.1) is 17.0 Å². The van der Waals surface area contributed by atoms with Crippen LogP contribution in [0.2, 0.25) is 0 Å². The molecule has 1 atom stereocenters. The van der Waals surface area contributed by atoms with Crippen LogP contribution < -0.4 is 5.56 Å². The Labute approximate surface area is 153 Å². The molecule has 0 amide bonds. The van der Waals surface area contributed by atoms with Crippen LogP contribution in [-0.4, -0.2) is 28.0 Å². The van der Waals surface area contributed by atoms with Crippen molar-refractivity contribution < 1.29 is 4.74 Å². The molecule has 0 radical (unpaired) electrons. The molecular formula is C20H26N2O2S. The van der Waals surface area contributed by atoms with E-state index in [1.807, 2.05) is 28.8 Å². The minimum atomic E-state index is 0.129. The van der Waals surface area contributed by atoms with Crippen molar-refractivity contribution >= 4 is 22.7 Å². The zero-order valence-electron chi connectivity index (χ0n) is 14.7. The Bertz CT molecular complexity index is 777. The molecule has 4 nitrogen and oxygen atoms in total. The van der Waals surface area contributed by atoms with E-state index in [4.69, 9.17) is 9.72 Å².